The first-order valence-electron chi connectivity index (χ1n) is 6.14. The molecule has 0 radical (unpaired) electrons. The van der Waals surface area contributed by atoms with Crippen LogP contribution in [0.2, 0.25) is 0 Å². The summed E-state index contributed by atoms with van der Waals surface area (Å²) in [6.07, 6.45) is 2.49. The molecule has 1 aromatic rings. The maximum Gasteiger partial charge on any atom is 0.328 e. The van der Waals surface area contributed by atoms with E-state index in [9.17, 15) is 9.18 Å². The Morgan fingerprint density at radius 3 is 3.05 bits per heavy atom. The van der Waals surface area contributed by atoms with Crippen molar-refractivity contribution in [3.63, 3.8) is 0 Å². The largest absolute Gasteiger partial charge is 0.478 e. The van der Waals surface area contributed by atoms with E-state index in [-0.39, 0.29) is 5.82 Å². The first kappa shape index (κ1) is 13.9. The Kier molecular flexibility index (Phi) is 4.47. The highest BCUT2D eigenvalue weighted by molar-refractivity contribution is 8.00. The van der Waals surface area contributed by atoms with E-state index >= 15 is 0 Å². The van der Waals surface area contributed by atoms with Gasteiger partial charge >= 0.3 is 5.97 Å². The van der Waals surface area contributed by atoms with Crippen LogP contribution in [0, 0.1) is 5.82 Å². The molecule has 0 aliphatic carbocycles. The average Bonchev–Trinajstić information content (AvgIpc) is 2.36. The average molecular weight is 281 g/mol. The van der Waals surface area contributed by atoms with Gasteiger partial charge in [-0.3, -0.25) is 0 Å². The summed E-state index contributed by atoms with van der Waals surface area (Å²) in [5.41, 5.74) is 1.12. The lowest BCUT2D eigenvalue weighted by atomic mass is 10.1. The first-order chi connectivity index (χ1) is 9.08. The minimum Gasteiger partial charge on any atom is -0.478 e. The molecule has 0 saturated carbocycles. The first-order valence-corrected chi connectivity index (χ1v) is 7.19. The lowest BCUT2D eigenvalue weighted by molar-refractivity contribution is -0.131. The molecule has 0 spiro atoms. The third kappa shape index (κ3) is 3.50. The number of rotatable bonds is 3. The molecule has 0 aromatic heterocycles. The molecule has 1 aromatic carbocycles. The summed E-state index contributed by atoms with van der Waals surface area (Å²) < 4.78 is 14.1. The zero-order valence-corrected chi connectivity index (χ0v) is 11.5. The Balaban J connectivity index is 2.34. The Hall–Kier alpha value is -1.49. The number of aliphatic carboxylic acids is 1. The molecule has 0 bridgehead atoms. The molecule has 1 saturated heterocycles. The molecule has 19 heavy (non-hydrogen) atoms. The molecule has 1 aliphatic rings. The molecule has 0 amide bonds. The number of carbonyl (C=O) groups is 1. The number of thioether (sulfide) groups is 1. The number of hydrogen-bond acceptors (Lipinski definition) is 3. The van der Waals surface area contributed by atoms with E-state index in [1.54, 1.807) is 12.1 Å². The number of halogens is 1. The summed E-state index contributed by atoms with van der Waals surface area (Å²) in [5.74, 6) is -0.373. The van der Waals surface area contributed by atoms with Crippen LogP contribution in [0.1, 0.15) is 12.5 Å². The second-order valence-electron chi connectivity index (χ2n) is 4.48. The van der Waals surface area contributed by atoms with Crippen LogP contribution < -0.4 is 4.90 Å². The fraction of sp³-hybridized carbons (Fsp3) is 0.357. The van der Waals surface area contributed by atoms with Gasteiger partial charge in [0.15, 0.2) is 0 Å². The van der Waals surface area contributed by atoms with Crippen molar-refractivity contribution < 1.29 is 14.3 Å². The minimum absolute atomic E-state index is 0.299. The van der Waals surface area contributed by atoms with Gasteiger partial charge < -0.3 is 10.0 Å². The molecule has 1 atom stereocenters. The van der Waals surface area contributed by atoms with Crippen LogP contribution in [0.4, 0.5) is 10.1 Å². The smallest absolute Gasteiger partial charge is 0.328 e. The number of para-hydroxylation sites is 1. The van der Waals surface area contributed by atoms with Gasteiger partial charge in [-0.2, -0.15) is 11.8 Å². The second kappa shape index (κ2) is 6.10. The van der Waals surface area contributed by atoms with Crippen LogP contribution in [-0.4, -0.2) is 35.2 Å². The predicted octanol–water partition coefficient (Wildman–Crippen LogP) is 2.87. The van der Waals surface area contributed by atoms with Gasteiger partial charge in [-0.25, -0.2) is 9.18 Å². The van der Waals surface area contributed by atoms with Gasteiger partial charge in [-0.1, -0.05) is 19.1 Å². The van der Waals surface area contributed by atoms with Crippen molar-refractivity contribution in [2.75, 3.05) is 23.7 Å². The molecule has 5 heteroatoms. The predicted molar refractivity (Wildman–Crippen MR) is 77.2 cm³/mol. The van der Waals surface area contributed by atoms with Gasteiger partial charge in [0.05, 0.1) is 5.69 Å². The number of carboxylic acids is 1. The monoisotopic (exact) mass is 281 g/mol. The summed E-state index contributed by atoms with van der Waals surface area (Å²) in [5, 5.41) is 9.14. The highest BCUT2D eigenvalue weighted by Gasteiger charge is 2.21. The molecule has 1 aliphatic heterocycles. The number of anilines is 1. The van der Waals surface area contributed by atoms with Crippen LogP contribution in [0.5, 0.6) is 0 Å². The highest BCUT2D eigenvalue weighted by Crippen LogP contribution is 2.30. The van der Waals surface area contributed by atoms with Crippen LogP contribution >= 0.6 is 11.8 Å². The standard InChI is InChI=1S/C14H16FNO2S/c1-10-9-16(7-8-19-10)14-11(5-6-13(17)18)3-2-4-12(14)15/h2-6,10H,7-9H2,1H3,(H,17,18)/b6-5+. The lowest BCUT2D eigenvalue weighted by Gasteiger charge is -2.33. The Labute approximate surface area is 116 Å². The third-order valence-electron chi connectivity index (χ3n) is 2.98. The van der Waals surface area contributed by atoms with Crippen LogP contribution in [0.3, 0.4) is 0 Å². The molecular formula is C14H16FNO2S. The fourth-order valence-electron chi connectivity index (χ4n) is 2.18. The second-order valence-corrected chi connectivity index (χ2v) is 6.02. The minimum atomic E-state index is -1.03. The Bertz CT molecular complexity index is 504. The summed E-state index contributed by atoms with van der Waals surface area (Å²) in [6.45, 7) is 3.67. The van der Waals surface area contributed by atoms with E-state index < -0.39 is 5.97 Å². The van der Waals surface area contributed by atoms with E-state index in [1.165, 1.54) is 12.1 Å². The Morgan fingerprint density at radius 2 is 2.37 bits per heavy atom. The van der Waals surface area contributed by atoms with Gasteiger partial charge in [-0.05, 0) is 12.1 Å². The van der Waals surface area contributed by atoms with E-state index in [4.69, 9.17) is 5.11 Å². The van der Waals surface area contributed by atoms with Crippen molar-refractivity contribution >= 4 is 29.5 Å². The number of nitrogens with zero attached hydrogens (tertiary/aromatic N) is 1. The summed E-state index contributed by atoms with van der Waals surface area (Å²) in [6, 6.07) is 4.76. The molecule has 3 nitrogen and oxygen atoms in total. The molecule has 2 rings (SSSR count). The third-order valence-corrected chi connectivity index (χ3v) is 4.12. The molecule has 1 N–H and O–H groups in total. The zero-order chi connectivity index (χ0) is 13.8. The number of benzene rings is 1. The zero-order valence-electron chi connectivity index (χ0n) is 10.7. The van der Waals surface area contributed by atoms with Crippen molar-refractivity contribution in [3.8, 4) is 0 Å². The number of carboxylic acid groups (broad SMARTS) is 1. The van der Waals surface area contributed by atoms with Crippen molar-refractivity contribution in [3.05, 3.63) is 35.7 Å². The van der Waals surface area contributed by atoms with Crippen molar-refractivity contribution in [2.24, 2.45) is 0 Å². The molecular weight excluding hydrogens is 265 g/mol. The fourth-order valence-corrected chi connectivity index (χ4v) is 3.20. The van der Waals surface area contributed by atoms with Crippen LogP contribution in [-0.2, 0) is 4.79 Å². The quantitative estimate of drug-likeness (QED) is 0.865. The van der Waals surface area contributed by atoms with Gasteiger partial charge in [0, 0.05) is 35.7 Å². The van der Waals surface area contributed by atoms with E-state index in [0.717, 1.165) is 24.9 Å². The Morgan fingerprint density at radius 1 is 1.58 bits per heavy atom. The summed E-state index contributed by atoms with van der Waals surface area (Å²) >= 11 is 1.87. The van der Waals surface area contributed by atoms with Gasteiger partial charge in [0.25, 0.3) is 0 Å². The normalized spacial score (nSPS) is 19.9. The lowest BCUT2D eigenvalue weighted by Crippen LogP contribution is -2.37. The maximum atomic E-state index is 14.1. The van der Waals surface area contributed by atoms with Gasteiger partial charge in [0.2, 0.25) is 0 Å². The van der Waals surface area contributed by atoms with Gasteiger partial charge in [-0.15, -0.1) is 0 Å². The van der Waals surface area contributed by atoms with Crippen molar-refractivity contribution in [1.82, 2.24) is 0 Å². The van der Waals surface area contributed by atoms with Crippen LogP contribution in [0.15, 0.2) is 24.3 Å². The van der Waals surface area contributed by atoms with E-state index in [1.807, 2.05) is 16.7 Å². The summed E-state index contributed by atoms with van der Waals surface area (Å²) in [7, 11) is 0. The number of hydrogen-bond donors (Lipinski definition) is 1. The SMILES string of the molecule is CC1CN(c2c(F)cccc2/C=C/C(=O)O)CCS1. The molecule has 1 fully saturated rings. The molecule has 1 unspecified atom stereocenters. The topological polar surface area (TPSA) is 40.5 Å². The molecule has 1 heterocycles. The van der Waals surface area contributed by atoms with Crippen LogP contribution in [0.25, 0.3) is 6.08 Å². The van der Waals surface area contributed by atoms with Crippen molar-refractivity contribution in [1.29, 1.82) is 0 Å². The van der Waals surface area contributed by atoms with Gasteiger partial charge in [0.1, 0.15) is 5.82 Å². The van der Waals surface area contributed by atoms with Crippen molar-refractivity contribution in [2.45, 2.75) is 12.2 Å². The summed E-state index contributed by atoms with van der Waals surface area (Å²) in [4.78, 5) is 12.6. The van der Waals surface area contributed by atoms with E-state index in [0.29, 0.717) is 16.5 Å². The maximum absolute atomic E-state index is 14.1. The molecule has 102 valence electrons. The van der Waals surface area contributed by atoms with E-state index in [2.05, 4.69) is 6.92 Å². The highest BCUT2D eigenvalue weighted by atomic mass is 32.2.